The third-order valence-electron chi connectivity index (χ3n) is 4.20. The Kier molecular flexibility index (Phi) is 8.93. The van der Waals surface area contributed by atoms with Crippen LogP contribution in [0.15, 0.2) is 24.3 Å². The van der Waals surface area contributed by atoms with Gasteiger partial charge in [0.25, 0.3) is 0 Å². The van der Waals surface area contributed by atoms with E-state index in [4.69, 9.17) is 17.0 Å². The van der Waals surface area contributed by atoms with Crippen LogP contribution in [0.1, 0.15) is 6.42 Å². The molecule has 11 heteroatoms. The second kappa shape index (κ2) is 11.2. The average Bonchev–Trinajstić information content (AvgIpc) is 2.66. The van der Waals surface area contributed by atoms with Crippen LogP contribution in [-0.2, 0) is 9.53 Å². The van der Waals surface area contributed by atoms with E-state index in [2.05, 4.69) is 20.3 Å². The molecule has 0 bridgehead atoms. The summed E-state index contributed by atoms with van der Waals surface area (Å²) in [5, 5.41) is 6.57. The number of halogens is 3. The maximum Gasteiger partial charge on any atom is 0.573 e. The fraction of sp³-hybridized carbons (Fsp3) is 0.556. The molecule has 1 aliphatic rings. The number of nitrogens with zero attached hydrogens (tertiary/aromatic N) is 2. The summed E-state index contributed by atoms with van der Waals surface area (Å²) in [5.74, 6) is -0.568. The first-order valence-electron chi connectivity index (χ1n) is 9.16. The van der Waals surface area contributed by atoms with Crippen LogP contribution in [0.5, 0.6) is 5.75 Å². The number of carbonyl (C=O) groups excluding carboxylic acids is 1. The first-order chi connectivity index (χ1) is 13.8. The van der Waals surface area contributed by atoms with Crippen molar-refractivity contribution in [3.8, 4) is 5.75 Å². The van der Waals surface area contributed by atoms with Crippen LogP contribution < -0.4 is 15.4 Å². The van der Waals surface area contributed by atoms with Crippen LogP contribution in [-0.4, -0.2) is 80.2 Å². The quantitative estimate of drug-likeness (QED) is 0.480. The van der Waals surface area contributed by atoms with Crippen molar-refractivity contribution in [1.82, 2.24) is 15.1 Å². The van der Waals surface area contributed by atoms with Crippen LogP contribution in [0.25, 0.3) is 0 Å². The van der Waals surface area contributed by atoms with Crippen molar-refractivity contribution in [3.05, 3.63) is 24.3 Å². The van der Waals surface area contributed by atoms with Crippen molar-refractivity contribution >= 4 is 28.9 Å². The van der Waals surface area contributed by atoms with Crippen molar-refractivity contribution in [2.24, 2.45) is 0 Å². The number of benzene rings is 1. The second-order valence-corrected chi connectivity index (χ2v) is 6.85. The summed E-state index contributed by atoms with van der Waals surface area (Å²) < 4.78 is 45.3. The lowest BCUT2D eigenvalue weighted by molar-refractivity contribution is -0.274. The van der Waals surface area contributed by atoms with Crippen LogP contribution in [0, 0.1) is 0 Å². The number of thiocarbonyl (C=S) groups is 1. The van der Waals surface area contributed by atoms with Gasteiger partial charge >= 0.3 is 6.36 Å². The lowest BCUT2D eigenvalue weighted by atomic mass is 10.3. The molecule has 0 aromatic heterocycles. The molecule has 162 valence electrons. The number of ether oxygens (including phenoxy) is 2. The molecule has 1 aromatic rings. The van der Waals surface area contributed by atoms with Gasteiger partial charge in [0.2, 0.25) is 5.91 Å². The maximum atomic E-state index is 12.2. The Hall–Kier alpha value is -2.11. The average molecular weight is 434 g/mol. The zero-order chi connectivity index (χ0) is 21.3. The number of anilines is 1. The van der Waals surface area contributed by atoms with E-state index in [0.717, 1.165) is 25.1 Å². The van der Waals surface area contributed by atoms with Gasteiger partial charge in [0.1, 0.15) is 5.75 Å². The van der Waals surface area contributed by atoms with Crippen LogP contribution >= 0.6 is 12.2 Å². The Morgan fingerprint density at radius 1 is 1.17 bits per heavy atom. The van der Waals surface area contributed by atoms with Gasteiger partial charge in [0.05, 0.1) is 6.54 Å². The molecular weight excluding hydrogens is 409 g/mol. The molecule has 0 radical (unpaired) electrons. The number of methoxy groups -OCH3 is 1. The van der Waals surface area contributed by atoms with Gasteiger partial charge < -0.3 is 25.0 Å². The fourth-order valence-electron chi connectivity index (χ4n) is 2.78. The summed E-state index contributed by atoms with van der Waals surface area (Å²) >= 11 is 5.38. The van der Waals surface area contributed by atoms with Crippen molar-refractivity contribution in [2.45, 2.75) is 12.8 Å². The molecule has 29 heavy (non-hydrogen) atoms. The van der Waals surface area contributed by atoms with E-state index in [1.807, 2.05) is 4.90 Å². The third-order valence-corrected chi connectivity index (χ3v) is 4.60. The summed E-state index contributed by atoms with van der Waals surface area (Å²) in [5.41, 5.74) is 0.407. The van der Waals surface area contributed by atoms with E-state index < -0.39 is 6.36 Å². The van der Waals surface area contributed by atoms with Gasteiger partial charge in [-0.3, -0.25) is 9.69 Å². The highest BCUT2D eigenvalue weighted by molar-refractivity contribution is 7.80. The number of amides is 1. The highest BCUT2D eigenvalue weighted by Gasteiger charge is 2.31. The number of nitrogens with one attached hydrogen (secondary N) is 2. The number of rotatable bonds is 8. The minimum atomic E-state index is -4.74. The molecule has 1 saturated heterocycles. The predicted molar refractivity (Wildman–Crippen MR) is 107 cm³/mol. The lowest BCUT2D eigenvalue weighted by Gasteiger charge is -2.35. The van der Waals surface area contributed by atoms with Gasteiger partial charge in [-0.05, 0) is 42.9 Å². The van der Waals surface area contributed by atoms with Crippen molar-refractivity contribution < 1.29 is 27.4 Å². The Labute approximate surface area is 173 Å². The number of alkyl halides is 3. The molecule has 1 heterocycles. The van der Waals surface area contributed by atoms with Crippen molar-refractivity contribution in [2.75, 3.05) is 58.3 Å². The number of piperazine rings is 1. The van der Waals surface area contributed by atoms with Crippen molar-refractivity contribution in [3.63, 3.8) is 0 Å². The van der Waals surface area contributed by atoms with E-state index in [1.54, 1.807) is 7.11 Å². The van der Waals surface area contributed by atoms with Gasteiger partial charge in [-0.1, -0.05) is 0 Å². The van der Waals surface area contributed by atoms with Crippen LogP contribution in [0.3, 0.4) is 0 Å². The molecule has 0 atom stereocenters. The summed E-state index contributed by atoms with van der Waals surface area (Å²) in [6, 6.07) is 5.04. The molecule has 2 rings (SSSR count). The standard InChI is InChI=1S/C18H25F3N4O3S/c1-27-12-2-7-22-17(29)25-10-8-24(9-11-25)13-16(26)23-14-3-5-15(6-4-14)28-18(19,20)21/h3-6H,2,7-13H2,1H3,(H,22,29)(H,23,26). The molecule has 0 saturated carbocycles. The Balaban J connectivity index is 1.69. The Morgan fingerprint density at radius 3 is 2.41 bits per heavy atom. The zero-order valence-corrected chi connectivity index (χ0v) is 16.9. The molecule has 7 nitrogen and oxygen atoms in total. The minimum Gasteiger partial charge on any atom is -0.406 e. The normalized spacial score (nSPS) is 15.1. The fourth-order valence-corrected chi connectivity index (χ4v) is 3.06. The SMILES string of the molecule is COCCCNC(=S)N1CCN(CC(=O)Nc2ccc(OC(F)(F)F)cc2)CC1. The second-order valence-electron chi connectivity index (χ2n) is 6.46. The summed E-state index contributed by atoms with van der Waals surface area (Å²) in [4.78, 5) is 16.3. The van der Waals surface area contributed by atoms with Gasteiger partial charge in [-0.2, -0.15) is 0 Å². The molecule has 1 fully saturated rings. The molecule has 0 aliphatic carbocycles. The molecule has 1 amide bonds. The highest BCUT2D eigenvalue weighted by atomic mass is 32.1. The summed E-state index contributed by atoms with van der Waals surface area (Å²) in [6.45, 7) is 4.43. The summed E-state index contributed by atoms with van der Waals surface area (Å²) in [6.07, 6.45) is -3.87. The third kappa shape index (κ3) is 8.84. The number of carbonyl (C=O) groups is 1. The largest absolute Gasteiger partial charge is 0.573 e. The van der Waals surface area contributed by atoms with Gasteiger partial charge in [-0.25, -0.2) is 0 Å². The highest BCUT2D eigenvalue weighted by Crippen LogP contribution is 2.23. The van der Waals surface area contributed by atoms with Gasteiger partial charge in [0, 0.05) is 52.1 Å². The minimum absolute atomic E-state index is 0.197. The van der Waals surface area contributed by atoms with Gasteiger partial charge in [-0.15, -0.1) is 13.2 Å². The van der Waals surface area contributed by atoms with E-state index in [0.29, 0.717) is 43.6 Å². The van der Waals surface area contributed by atoms with E-state index in [1.165, 1.54) is 12.1 Å². The first-order valence-corrected chi connectivity index (χ1v) is 9.57. The van der Waals surface area contributed by atoms with E-state index >= 15 is 0 Å². The molecule has 2 N–H and O–H groups in total. The van der Waals surface area contributed by atoms with E-state index in [-0.39, 0.29) is 18.2 Å². The Bertz CT molecular complexity index is 665. The van der Waals surface area contributed by atoms with E-state index in [9.17, 15) is 18.0 Å². The maximum absolute atomic E-state index is 12.2. The number of hydrogen-bond donors (Lipinski definition) is 2. The molecule has 0 spiro atoms. The topological polar surface area (TPSA) is 66.1 Å². The number of hydrogen-bond acceptors (Lipinski definition) is 5. The molecule has 1 aliphatic heterocycles. The van der Waals surface area contributed by atoms with Crippen molar-refractivity contribution in [1.29, 1.82) is 0 Å². The molecular formula is C18H25F3N4O3S. The Morgan fingerprint density at radius 2 is 1.83 bits per heavy atom. The summed E-state index contributed by atoms with van der Waals surface area (Å²) in [7, 11) is 1.66. The lowest BCUT2D eigenvalue weighted by Crippen LogP contribution is -2.53. The van der Waals surface area contributed by atoms with Crippen LogP contribution in [0.2, 0.25) is 0 Å². The molecule has 1 aromatic carbocycles. The predicted octanol–water partition coefficient (Wildman–Crippen LogP) is 2.05. The van der Waals surface area contributed by atoms with Gasteiger partial charge in [0.15, 0.2) is 5.11 Å². The zero-order valence-electron chi connectivity index (χ0n) is 16.1. The monoisotopic (exact) mass is 434 g/mol. The van der Waals surface area contributed by atoms with Crippen LogP contribution in [0.4, 0.5) is 18.9 Å². The molecule has 0 unspecified atom stereocenters. The smallest absolute Gasteiger partial charge is 0.406 e. The first kappa shape index (κ1) is 23.2.